The number of esters is 1. The summed E-state index contributed by atoms with van der Waals surface area (Å²) in [6, 6.07) is 13.8. The van der Waals surface area contributed by atoms with Crippen molar-refractivity contribution in [3.63, 3.8) is 0 Å². The molecule has 0 spiro atoms. The Labute approximate surface area is 299 Å². The van der Waals surface area contributed by atoms with Crippen molar-refractivity contribution in [2.24, 2.45) is 0 Å². The molecule has 11 nitrogen and oxygen atoms in total. The van der Waals surface area contributed by atoms with E-state index >= 15 is 0 Å². The minimum absolute atomic E-state index is 0.00947. The smallest absolute Gasteiger partial charge is 0.414 e. The highest BCUT2D eigenvalue weighted by atomic mass is 32.2. The van der Waals surface area contributed by atoms with Crippen LogP contribution in [0.2, 0.25) is 0 Å². The highest BCUT2D eigenvalue weighted by molar-refractivity contribution is 7.99. The molecule has 270 valence electrons. The third kappa shape index (κ3) is 12.8. The van der Waals surface area contributed by atoms with Crippen molar-refractivity contribution in [1.29, 1.82) is 0 Å². The first-order valence-electron chi connectivity index (χ1n) is 16.6. The number of nitrogens with zero attached hydrogens (tertiary/aromatic N) is 2. The van der Waals surface area contributed by atoms with Crippen molar-refractivity contribution in [2.45, 2.75) is 94.0 Å². The number of ether oxygens (including phenoxy) is 2. The van der Waals surface area contributed by atoms with Crippen LogP contribution in [0.5, 0.6) is 5.88 Å². The maximum absolute atomic E-state index is 13.1. The standard InChI is InChI=1S/C37H47N3O8S2/c1-27(2)15-13-16-28(3)17-14-18-29(4)23-26-49-33-22-10-9-21-32(33)34(41)38-30(5)37(42)47-25-12-11-24-46-35-36(40(43)48-39-35)50(44,45)31-19-7-6-8-20-31/h6-10,15,17,19-23,30H,11-14,16,18,24-26H2,1-5H3,(H,38,41)/b28-17+,29-23+/t30-/m0/s1. The van der Waals surface area contributed by atoms with Gasteiger partial charge in [-0.15, -0.1) is 11.8 Å². The number of unbranched alkanes of at least 4 members (excludes halogenated alkanes) is 1. The summed E-state index contributed by atoms with van der Waals surface area (Å²) in [5, 5.41) is 17.4. The Morgan fingerprint density at radius 2 is 1.58 bits per heavy atom. The maximum atomic E-state index is 13.1. The van der Waals surface area contributed by atoms with Crippen molar-refractivity contribution in [3.05, 3.63) is 100 Å². The molecule has 1 heterocycles. The summed E-state index contributed by atoms with van der Waals surface area (Å²) in [5.74, 6) is -0.696. The van der Waals surface area contributed by atoms with Crippen LogP contribution in [0.3, 0.4) is 0 Å². The van der Waals surface area contributed by atoms with Gasteiger partial charge in [-0.1, -0.05) is 65.3 Å². The monoisotopic (exact) mass is 725 g/mol. The van der Waals surface area contributed by atoms with E-state index in [2.05, 4.69) is 61.0 Å². The van der Waals surface area contributed by atoms with E-state index in [1.165, 1.54) is 41.0 Å². The minimum atomic E-state index is -4.22. The molecule has 1 N–H and O–H groups in total. The lowest BCUT2D eigenvalue weighted by molar-refractivity contribution is -0.832. The van der Waals surface area contributed by atoms with E-state index in [4.69, 9.17) is 9.47 Å². The quantitative estimate of drug-likeness (QED) is 0.0417. The molecule has 3 aromatic rings. The van der Waals surface area contributed by atoms with Crippen LogP contribution in [-0.2, 0) is 19.4 Å². The highest BCUT2D eigenvalue weighted by Crippen LogP contribution is 2.26. The highest BCUT2D eigenvalue weighted by Gasteiger charge is 2.35. The number of allylic oxidation sites excluding steroid dienone is 5. The Balaban J connectivity index is 1.40. The molecule has 0 aliphatic heterocycles. The molecule has 50 heavy (non-hydrogen) atoms. The molecule has 1 aromatic heterocycles. The Hall–Kier alpha value is -4.36. The van der Waals surface area contributed by atoms with Crippen molar-refractivity contribution in [3.8, 4) is 5.88 Å². The Kier molecular flexibility index (Phi) is 16.3. The fraction of sp³-hybridized carbons (Fsp3) is 0.405. The molecule has 0 fully saturated rings. The summed E-state index contributed by atoms with van der Waals surface area (Å²) >= 11 is 1.57. The van der Waals surface area contributed by atoms with Crippen LogP contribution in [0.25, 0.3) is 0 Å². The normalized spacial score (nSPS) is 12.7. The molecule has 0 bridgehead atoms. The number of rotatable bonds is 20. The number of amides is 1. The number of benzene rings is 2. The second kappa shape index (κ2) is 20.3. The predicted octanol–water partition coefficient (Wildman–Crippen LogP) is 7.17. The fourth-order valence-corrected chi connectivity index (χ4v) is 6.97. The lowest BCUT2D eigenvalue weighted by Gasteiger charge is -2.15. The van der Waals surface area contributed by atoms with Gasteiger partial charge in [-0.25, -0.2) is 13.2 Å². The number of aromatic nitrogens is 2. The summed E-state index contributed by atoms with van der Waals surface area (Å²) in [5.41, 5.74) is 4.54. The summed E-state index contributed by atoms with van der Waals surface area (Å²) in [6.07, 6.45) is 11.6. The first-order valence-corrected chi connectivity index (χ1v) is 19.0. The van der Waals surface area contributed by atoms with Crippen LogP contribution < -0.4 is 15.0 Å². The van der Waals surface area contributed by atoms with Gasteiger partial charge in [-0.2, -0.15) is 0 Å². The molecule has 0 aliphatic carbocycles. The molecule has 0 unspecified atom stereocenters. The van der Waals surface area contributed by atoms with E-state index in [0.29, 0.717) is 18.4 Å². The van der Waals surface area contributed by atoms with E-state index in [-0.39, 0.29) is 28.9 Å². The zero-order valence-corrected chi connectivity index (χ0v) is 31.0. The summed E-state index contributed by atoms with van der Waals surface area (Å²) in [7, 11) is -4.22. The topological polar surface area (TPSA) is 152 Å². The van der Waals surface area contributed by atoms with Crippen molar-refractivity contribution in [2.75, 3.05) is 19.0 Å². The largest absolute Gasteiger partial charge is 0.464 e. The van der Waals surface area contributed by atoms with Gasteiger partial charge in [0.1, 0.15) is 6.04 Å². The van der Waals surface area contributed by atoms with Crippen molar-refractivity contribution >= 4 is 33.5 Å². The van der Waals surface area contributed by atoms with E-state index in [0.717, 1.165) is 36.3 Å². The maximum Gasteiger partial charge on any atom is 0.414 e. The number of nitrogens with one attached hydrogen (secondary N) is 1. The zero-order valence-electron chi connectivity index (χ0n) is 29.3. The number of sulfone groups is 1. The first kappa shape index (κ1) is 40.1. The molecule has 2 aromatic carbocycles. The van der Waals surface area contributed by atoms with Gasteiger partial charge in [0.05, 0.1) is 28.8 Å². The fourth-order valence-electron chi connectivity index (χ4n) is 4.64. The molecule has 0 radical (unpaired) electrons. The van der Waals surface area contributed by atoms with Crippen LogP contribution in [0.4, 0.5) is 0 Å². The van der Waals surface area contributed by atoms with Crippen molar-refractivity contribution in [1.82, 2.24) is 10.5 Å². The third-order valence-corrected chi connectivity index (χ3v) is 10.2. The van der Waals surface area contributed by atoms with E-state index in [1.807, 2.05) is 12.1 Å². The molecular formula is C37H47N3O8S2. The van der Waals surface area contributed by atoms with E-state index < -0.39 is 32.8 Å². The number of hydrogen-bond donors (Lipinski definition) is 1. The summed E-state index contributed by atoms with van der Waals surface area (Å²) < 4.78 is 40.9. The Morgan fingerprint density at radius 3 is 2.30 bits per heavy atom. The predicted molar refractivity (Wildman–Crippen MR) is 193 cm³/mol. The Morgan fingerprint density at radius 1 is 0.940 bits per heavy atom. The average molecular weight is 726 g/mol. The van der Waals surface area contributed by atoms with Gasteiger partial charge >= 0.3 is 16.9 Å². The molecule has 0 saturated carbocycles. The average Bonchev–Trinajstić information content (AvgIpc) is 3.47. The lowest BCUT2D eigenvalue weighted by atomic mass is 10.1. The molecule has 13 heteroatoms. The van der Waals surface area contributed by atoms with Crippen LogP contribution in [-0.4, -0.2) is 50.5 Å². The second-order valence-electron chi connectivity index (χ2n) is 12.0. The van der Waals surface area contributed by atoms with Gasteiger partial charge in [-0.05, 0) is 102 Å². The van der Waals surface area contributed by atoms with Gasteiger partial charge in [0.25, 0.3) is 15.7 Å². The number of thioether (sulfide) groups is 1. The lowest BCUT2D eigenvalue weighted by Crippen LogP contribution is -2.39. The molecule has 1 amide bonds. The third-order valence-electron chi connectivity index (χ3n) is 7.50. The number of hydrogen-bond acceptors (Lipinski definition) is 10. The minimum Gasteiger partial charge on any atom is -0.464 e. The van der Waals surface area contributed by atoms with E-state index in [9.17, 15) is 23.2 Å². The van der Waals surface area contributed by atoms with E-state index in [1.54, 1.807) is 36.9 Å². The van der Waals surface area contributed by atoms with Gasteiger partial charge in [-0.3, -0.25) is 9.42 Å². The van der Waals surface area contributed by atoms with Gasteiger partial charge in [0.15, 0.2) is 0 Å². The van der Waals surface area contributed by atoms with Crippen LogP contribution in [0.15, 0.2) is 109 Å². The molecule has 0 aliphatic rings. The van der Waals surface area contributed by atoms with Gasteiger partial charge in [0, 0.05) is 10.6 Å². The Bertz CT molecular complexity index is 1760. The summed E-state index contributed by atoms with van der Waals surface area (Å²) in [4.78, 5) is 26.2. The van der Waals surface area contributed by atoms with Crippen LogP contribution >= 0.6 is 11.8 Å². The second-order valence-corrected chi connectivity index (χ2v) is 15.0. The SMILES string of the molecule is CC(C)=CCC/C(C)=C/CC/C(C)=C/CSc1ccccc1C(=O)N[C@@H](C)C(=O)OCCCCOc1no[n+]([O-])c1S(=O)(=O)c1ccccc1. The van der Waals surface area contributed by atoms with Crippen molar-refractivity contribution < 1.29 is 37.0 Å². The van der Waals surface area contributed by atoms with Crippen LogP contribution in [0, 0.1) is 5.21 Å². The first-order chi connectivity index (χ1) is 23.9. The van der Waals surface area contributed by atoms with Crippen LogP contribution in [0.1, 0.15) is 83.5 Å². The summed E-state index contributed by atoms with van der Waals surface area (Å²) in [6.45, 7) is 10.1. The number of carbonyl (C=O) groups is 2. The van der Waals surface area contributed by atoms with Gasteiger partial charge in [0.2, 0.25) is 0 Å². The molecular weight excluding hydrogens is 679 g/mol. The molecule has 3 rings (SSSR count). The molecule has 0 saturated heterocycles. The zero-order chi connectivity index (χ0) is 36.5. The number of carbonyl (C=O) groups excluding carboxylic acids is 2. The van der Waals surface area contributed by atoms with Gasteiger partial charge < -0.3 is 20.0 Å². The molecule has 1 atom stereocenters.